The zero-order chi connectivity index (χ0) is 21.2. The van der Waals surface area contributed by atoms with Crippen LogP contribution in [0.3, 0.4) is 0 Å². The van der Waals surface area contributed by atoms with Gasteiger partial charge in [-0.2, -0.15) is 5.10 Å². The third kappa shape index (κ3) is 4.33. The summed E-state index contributed by atoms with van der Waals surface area (Å²) < 4.78 is 1.99. The van der Waals surface area contributed by atoms with Crippen molar-refractivity contribution in [1.82, 2.24) is 36.2 Å². The molecule has 0 radical (unpaired) electrons. The van der Waals surface area contributed by atoms with E-state index in [-0.39, 0.29) is 18.6 Å². The molecule has 5 heterocycles. The summed E-state index contributed by atoms with van der Waals surface area (Å²) >= 11 is 0. The highest BCUT2D eigenvalue weighted by atomic mass is 16.3. The van der Waals surface area contributed by atoms with E-state index in [1.807, 2.05) is 10.9 Å². The molecule has 3 fully saturated rings. The zero-order valence-corrected chi connectivity index (χ0v) is 18.2. The van der Waals surface area contributed by atoms with E-state index in [1.54, 1.807) is 0 Å². The number of aromatic nitrogens is 3. The van der Waals surface area contributed by atoms with E-state index < -0.39 is 0 Å². The Labute approximate surface area is 183 Å². The number of aryl methyl sites for hydroxylation is 1. The lowest BCUT2D eigenvalue weighted by Gasteiger charge is -2.34. The summed E-state index contributed by atoms with van der Waals surface area (Å²) in [6, 6.07) is 7.22. The molecule has 2 aromatic rings. The fourth-order valence-electron chi connectivity index (χ4n) is 5.16. The van der Waals surface area contributed by atoms with Crippen LogP contribution in [0, 0.1) is 11.8 Å². The summed E-state index contributed by atoms with van der Waals surface area (Å²) in [5, 5.41) is 21.2. The van der Waals surface area contributed by atoms with Crippen LogP contribution in [0.1, 0.15) is 36.7 Å². The number of rotatable bonds is 5. The summed E-state index contributed by atoms with van der Waals surface area (Å²) in [4.78, 5) is 7.37. The fourth-order valence-corrected chi connectivity index (χ4v) is 5.16. The fraction of sp³-hybridized carbons (Fsp3) is 0.636. The first-order chi connectivity index (χ1) is 15.2. The Morgan fingerprint density at radius 3 is 3.00 bits per heavy atom. The van der Waals surface area contributed by atoms with Crippen molar-refractivity contribution in [2.75, 3.05) is 44.2 Å². The third-order valence-corrected chi connectivity index (χ3v) is 6.97. The molecule has 2 aromatic heterocycles. The van der Waals surface area contributed by atoms with Gasteiger partial charge in [0.25, 0.3) is 0 Å². The van der Waals surface area contributed by atoms with Crippen molar-refractivity contribution >= 4 is 5.82 Å². The number of anilines is 1. The number of aliphatic hydroxyl groups excluding tert-OH is 1. The average molecular weight is 427 g/mol. The minimum Gasteiger partial charge on any atom is -0.396 e. The smallest absolute Gasteiger partial charge is 0.128 e. The normalized spacial score (nSPS) is 31.4. The summed E-state index contributed by atoms with van der Waals surface area (Å²) in [6.07, 6.45) is 5.19. The maximum atomic E-state index is 9.66. The van der Waals surface area contributed by atoms with Crippen LogP contribution in [0.15, 0.2) is 30.6 Å². The molecule has 0 spiro atoms. The SMILES string of the molecule is CCn1cc(C2CC3C(CN2)NNC3c2cccc(N3CCNCC(CO)C3)n2)cn1. The van der Waals surface area contributed by atoms with Crippen molar-refractivity contribution < 1.29 is 5.11 Å². The molecule has 0 saturated carbocycles. The van der Waals surface area contributed by atoms with Gasteiger partial charge in [0, 0.05) is 81.6 Å². The molecule has 0 aromatic carbocycles. The van der Waals surface area contributed by atoms with Crippen LogP contribution >= 0.6 is 0 Å². The first-order valence-electron chi connectivity index (χ1n) is 11.6. The predicted octanol–water partition coefficient (Wildman–Crippen LogP) is 0.184. The maximum Gasteiger partial charge on any atom is 0.128 e. The highest BCUT2D eigenvalue weighted by Crippen LogP contribution is 2.38. The molecule has 3 aliphatic heterocycles. The van der Waals surface area contributed by atoms with Crippen LogP contribution in [-0.4, -0.2) is 65.2 Å². The van der Waals surface area contributed by atoms with Gasteiger partial charge in [0.15, 0.2) is 0 Å². The number of pyridine rings is 1. The Hall–Kier alpha value is -2.04. The Kier molecular flexibility index (Phi) is 6.20. The number of piperidine rings is 1. The van der Waals surface area contributed by atoms with Crippen molar-refractivity contribution in [3.63, 3.8) is 0 Å². The Bertz CT molecular complexity index is 873. The van der Waals surface area contributed by atoms with Crippen molar-refractivity contribution in [2.24, 2.45) is 11.8 Å². The number of nitrogens with one attached hydrogen (secondary N) is 4. The largest absolute Gasteiger partial charge is 0.396 e. The molecule has 3 saturated heterocycles. The van der Waals surface area contributed by atoms with Crippen LogP contribution in [0.25, 0.3) is 0 Å². The van der Waals surface area contributed by atoms with Crippen LogP contribution in [0.4, 0.5) is 5.82 Å². The maximum absolute atomic E-state index is 9.66. The second kappa shape index (κ2) is 9.22. The molecule has 5 N–H and O–H groups in total. The lowest BCUT2D eigenvalue weighted by Crippen LogP contribution is -2.46. The Morgan fingerprint density at radius 2 is 2.16 bits per heavy atom. The Balaban J connectivity index is 1.33. The highest BCUT2D eigenvalue weighted by Gasteiger charge is 2.42. The summed E-state index contributed by atoms with van der Waals surface area (Å²) in [6.45, 7) is 7.63. The first kappa shape index (κ1) is 20.8. The second-order valence-corrected chi connectivity index (χ2v) is 8.98. The number of nitrogens with zero attached hydrogens (tertiary/aromatic N) is 4. The molecule has 5 atom stereocenters. The molecule has 0 aliphatic carbocycles. The van der Waals surface area contributed by atoms with Gasteiger partial charge in [-0.15, -0.1) is 0 Å². The quantitative estimate of drug-likeness (QED) is 0.462. The van der Waals surface area contributed by atoms with E-state index in [2.05, 4.69) is 62.8 Å². The number of hydrogen-bond acceptors (Lipinski definition) is 8. The van der Waals surface area contributed by atoms with E-state index >= 15 is 0 Å². The second-order valence-electron chi connectivity index (χ2n) is 8.98. The molecular formula is C22H34N8O. The molecule has 0 amide bonds. The van der Waals surface area contributed by atoms with Gasteiger partial charge in [0.1, 0.15) is 5.82 Å². The van der Waals surface area contributed by atoms with Gasteiger partial charge in [0.05, 0.1) is 17.9 Å². The molecule has 3 aliphatic rings. The van der Waals surface area contributed by atoms with E-state index in [0.717, 1.165) is 57.2 Å². The molecule has 9 nitrogen and oxygen atoms in total. The van der Waals surface area contributed by atoms with E-state index in [0.29, 0.717) is 18.0 Å². The summed E-state index contributed by atoms with van der Waals surface area (Å²) in [5.41, 5.74) is 9.36. The van der Waals surface area contributed by atoms with Crippen molar-refractivity contribution in [2.45, 2.75) is 38.0 Å². The zero-order valence-electron chi connectivity index (χ0n) is 18.2. The van der Waals surface area contributed by atoms with Crippen LogP contribution in [-0.2, 0) is 6.54 Å². The number of fused-ring (bicyclic) bond motifs is 1. The molecule has 31 heavy (non-hydrogen) atoms. The minimum absolute atomic E-state index is 0.175. The number of aliphatic hydroxyl groups is 1. The number of hydrazine groups is 1. The number of hydrogen-bond donors (Lipinski definition) is 5. The third-order valence-electron chi connectivity index (χ3n) is 6.97. The van der Waals surface area contributed by atoms with Crippen molar-refractivity contribution in [3.05, 3.63) is 41.9 Å². The Morgan fingerprint density at radius 1 is 1.23 bits per heavy atom. The van der Waals surface area contributed by atoms with Gasteiger partial charge >= 0.3 is 0 Å². The van der Waals surface area contributed by atoms with Gasteiger partial charge in [-0.1, -0.05) is 6.07 Å². The molecule has 168 valence electrons. The standard InChI is InChI=1S/C22H34N8O/c1-2-30-13-16(10-25-30)19-8-17-20(11-24-19)27-28-22(17)18-4-3-5-21(26-18)29-7-6-23-9-15(12-29)14-31/h3-5,10,13,15,17,19-20,22-24,27-28,31H,2,6-9,11-12,14H2,1H3. The van der Waals surface area contributed by atoms with Gasteiger partial charge < -0.3 is 20.6 Å². The molecule has 5 unspecified atom stereocenters. The molecular weight excluding hydrogens is 392 g/mol. The highest BCUT2D eigenvalue weighted by molar-refractivity contribution is 5.40. The lowest BCUT2D eigenvalue weighted by atomic mass is 9.82. The van der Waals surface area contributed by atoms with Gasteiger partial charge in [0.2, 0.25) is 0 Å². The van der Waals surface area contributed by atoms with E-state index in [1.165, 1.54) is 5.56 Å². The molecule has 0 bridgehead atoms. The van der Waals surface area contributed by atoms with Gasteiger partial charge in [-0.05, 0) is 25.5 Å². The van der Waals surface area contributed by atoms with Crippen molar-refractivity contribution in [3.8, 4) is 0 Å². The van der Waals surface area contributed by atoms with Gasteiger partial charge in [-0.3, -0.25) is 10.1 Å². The molecule has 5 rings (SSSR count). The van der Waals surface area contributed by atoms with Crippen LogP contribution in [0.2, 0.25) is 0 Å². The van der Waals surface area contributed by atoms with E-state index in [4.69, 9.17) is 4.98 Å². The monoisotopic (exact) mass is 426 g/mol. The van der Waals surface area contributed by atoms with Gasteiger partial charge in [-0.25, -0.2) is 10.4 Å². The van der Waals surface area contributed by atoms with Crippen LogP contribution < -0.4 is 26.4 Å². The van der Waals surface area contributed by atoms with E-state index in [9.17, 15) is 5.11 Å². The summed E-state index contributed by atoms with van der Waals surface area (Å²) in [5.74, 6) is 1.69. The van der Waals surface area contributed by atoms with Crippen molar-refractivity contribution in [1.29, 1.82) is 0 Å². The topological polar surface area (TPSA) is 102 Å². The minimum atomic E-state index is 0.175. The lowest BCUT2D eigenvalue weighted by molar-refractivity contribution is 0.230. The van der Waals surface area contributed by atoms with Crippen LogP contribution in [0.5, 0.6) is 0 Å². The molecule has 9 heteroatoms. The predicted molar refractivity (Wildman–Crippen MR) is 119 cm³/mol. The summed E-state index contributed by atoms with van der Waals surface area (Å²) in [7, 11) is 0. The first-order valence-corrected chi connectivity index (χ1v) is 11.6. The average Bonchev–Trinajstić information content (AvgIpc) is 3.39.